The summed E-state index contributed by atoms with van der Waals surface area (Å²) in [5.41, 5.74) is 3.16. The van der Waals surface area contributed by atoms with Gasteiger partial charge in [-0.15, -0.1) is 0 Å². The van der Waals surface area contributed by atoms with Crippen LogP contribution in [0.2, 0.25) is 0 Å². The number of anilines is 1. The van der Waals surface area contributed by atoms with Crippen molar-refractivity contribution in [3.63, 3.8) is 0 Å². The maximum atomic E-state index is 12.9. The molecular formula is C22H20FN5O2. The second-order valence-corrected chi connectivity index (χ2v) is 6.84. The minimum Gasteiger partial charge on any atom is -0.471 e. The number of hydrogen-bond acceptors (Lipinski definition) is 4. The molecule has 0 aliphatic heterocycles. The molecule has 0 saturated heterocycles. The number of ether oxygens (including phenoxy) is 1. The van der Waals surface area contributed by atoms with E-state index < -0.39 is 0 Å². The van der Waals surface area contributed by atoms with Crippen LogP contribution >= 0.6 is 0 Å². The zero-order valence-electron chi connectivity index (χ0n) is 16.3. The van der Waals surface area contributed by atoms with Crippen molar-refractivity contribution in [3.8, 4) is 5.75 Å². The van der Waals surface area contributed by atoms with Gasteiger partial charge in [0.2, 0.25) is 0 Å². The number of carbonyl (C=O) groups excluding carboxylic acids is 1. The van der Waals surface area contributed by atoms with Crippen molar-refractivity contribution in [1.82, 2.24) is 19.6 Å². The minimum atomic E-state index is -0.342. The minimum absolute atomic E-state index is 0.105. The monoisotopic (exact) mass is 405 g/mol. The van der Waals surface area contributed by atoms with Crippen LogP contribution in [0.15, 0.2) is 73.2 Å². The summed E-state index contributed by atoms with van der Waals surface area (Å²) in [4.78, 5) is 12.4. The van der Waals surface area contributed by atoms with E-state index in [9.17, 15) is 9.18 Å². The Morgan fingerprint density at radius 3 is 2.77 bits per heavy atom. The Balaban J connectivity index is 1.33. The highest BCUT2D eigenvalue weighted by molar-refractivity contribution is 6.02. The SMILES string of the molecule is Cc1cccc(Cn2cc(NC(=O)c3ccn(COc4ccc(F)cc4)n3)cn2)c1. The molecule has 1 N–H and O–H groups in total. The van der Waals surface area contributed by atoms with Crippen molar-refractivity contribution in [2.75, 3.05) is 5.32 Å². The molecule has 0 saturated carbocycles. The smallest absolute Gasteiger partial charge is 0.276 e. The molecule has 8 heteroatoms. The second kappa shape index (κ2) is 8.60. The molecule has 2 aromatic carbocycles. The van der Waals surface area contributed by atoms with Crippen molar-refractivity contribution in [3.05, 3.63) is 95.8 Å². The first-order valence-corrected chi connectivity index (χ1v) is 9.36. The van der Waals surface area contributed by atoms with Crippen molar-refractivity contribution in [2.45, 2.75) is 20.2 Å². The molecule has 0 fully saturated rings. The van der Waals surface area contributed by atoms with E-state index in [0.29, 0.717) is 18.0 Å². The van der Waals surface area contributed by atoms with Gasteiger partial charge in [-0.25, -0.2) is 9.07 Å². The van der Waals surface area contributed by atoms with Gasteiger partial charge in [0.25, 0.3) is 5.91 Å². The summed E-state index contributed by atoms with van der Waals surface area (Å²) in [6.07, 6.45) is 5.01. The molecule has 4 aromatic rings. The number of halogens is 1. The molecule has 30 heavy (non-hydrogen) atoms. The number of nitrogens with zero attached hydrogens (tertiary/aromatic N) is 4. The lowest BCUT2D eigenvalue weighted by Crippen LogP contribution is -2.14. The number of benzene rings is 2. The van der Waals surface area contributed by atoms with Gasteiger partial charge >= 0.3 is 0 Å². The fourth-order valence-corrected chi connectivity index (χ4v) is 2.93. The lowest BCUT2D eigenvalue weighted by Gasteiger charge is -2.05. The van der Waals surface area contributed by atoms with Crippen LogP contribution in [0.1, 0.15) is 21.6 Å². The van der Waals surface area contributed by atoms with Crippen LogP contribution in [0.25, 0.3) is 0 Å². The van der Waals surface area contributed by atoms with E-state index in [-0.39, 0.29) is 24.1 Å². The molecule has 0 aliphatic carbocycles. The summed E-state index contributed by atoms with van der Waals surface area (Å²) in [6, 6.07) is 15.5. The van der Waals surface area contributed by atoms with Crippen LogP contribution in [0.3, 0.4) is 0 Å². The zero-order valence-corrected chi connectivity index (χ0v) is 16.3. The third-order valence-corrected chi connectivity index (χ3v) is 4.37. The number of amides is 1. The Hall–Kier alpha value is -3.94. The fourth-order valence-electron chi connectivity index (χ4n) is 2.93. The highest BCUT2D eigenvalue weighted by Crippen LogP contribution is 2.13. The highest BCUT2D eigenvalue weighted by Gasteiger charge is 2.11. The van der Waals surface area contributed by atoms with E-state index in [4.69, 9.17) is 4.74 Å². The Bertz CT molecular complexity index is 1150. The third-order valence-electron chi connectivity index (χ3n) is 4.37. The number of nitrogens with one attached hydrogen (secondary N) is 1. The van der Waals surface area contributed by atoms with Gasteiger partial charge in [-0.3, -0.25) is 9.48 Å². The molecule has 7 nitrogen and oxygen atoms in total. The average molecular weight is 405 g/mol. The molecule has 0 aliphatic rings. The Kier molecular flexibility index (Phi) is 5.56. The summed E-state index contributed by atoms with van der Waals surface area (Å²) in [7, 11) is 0. The standard InChI is InChI=1S/C22H20FN5O2/c1-16-3-2-4-17(11-16)13-28-14-19(12-24-28)25-22(29)21-9-10-27(26-21)15-30-20-7-5-18(23)6-8-20/h2-12,14H,13,15H2,1H3,(H,25,29). The molecule has 0 bridgehead atoms. The molecule has 2 aromatic heterocycles. The summed E-state index contributed by atoms with van der Waals surface area (Å²) in [5, 5.41) is 11.3. The van der Waals surface area contributed by atoms with E-state index in [0.717, 1.165) is 5.56 Å². The van der Waals surface area contributed by atoms with Crippen LogP contribution in [-0.2, 0) is 13.3 Å². The molecule has 0 unspecified atom stereocenters. The van der Waals surface area contributed by atoms with Crippen molar-refractivity contribution in [2.24, 2.45) is 0 Å². The van der Waals surface area contributed by atoms with E-state index in [1.54, 1.807) is 29.3 Å². The van der Waals surface area contributed by atoms with Crippen LogP contribution in [0, 0.1) is 12.7 Å². The third kappa shape index (κ3) is 4.91. The number of rotatable bonds is 7. The molecule has 1 amide bonds. The van der Waals surface area contributed by atoms with Gasteiger partial charge in [0, 0.05) is 12.4 Å². The predicted octanol–water partition coefficient (Wildman–Crippen LogP) is 3.86. The van der Waals surface area contributed by atoms with E-state index in [1.165, 1.54) is 34.5 Å². The average Bonchev–Trinajstić information content (AvgIpc) is 3.37. The largest absolute Gasteiger partial charge is 0.471 e. The van der Waals surface area contributed by atoms with Crippen LogP contribution in [0.4, 0.5) is 10.1 Å². The molecule has 0 spiro atoms. The number of hydrogen-bond donors (Lipinski definition) is 1. The Morgan fingerprint density at radius 1 is 1.13 bits per heavy atom. The first-order chi connectivity index (χ1) is 14.5. The molecule has 0 atom stereocenters. The van der Waals surface area contributed by atoms with Crippen molar-refractivity contribution >= 4 is 11.6 Å². The van der Waals surface area contributed by atoms with Crippen LogP contribution in [-0.4, -0.2) is 25.5 Å². The molecular weight excluding hydrogens is 385 g/mol. The maximum Gasteiger partial charge on any atom is 0.276 e. The van der Waals surface area contributed by atoms with Gasteiger partial charge in [0.05, 0.1) is 18.4 Å². The molecule has 4 rings (SSSR count). The molecule has 2 heterocycles. The van der Waals surface area contributed by atoms with Crippen LogP contribution in [0.5, 0.6) is 5.75 Å². The number of aryl methyl sites for hydroxylation is 1. The highest BCUT2D eigenvalue weighted by atomic mass is 19.1. The van der Waals surface area contributed by atoms with E-state index in [1.807, 2.05) is 25.1 Å². The van der Waals surface area contributed by atoms with Gasteiger partial charge in [-0.05, 0) is 42.8 Å². The quantitative estimate of drug-likeness (QED) is 0.507. The van der Waals surface area contributed by atoms with Gasteiger partial charge in [0.15, 0.2) is 12.4 Å². The zero-order chi connectivity index (χ0) is 20.9. The number of carbonyl (C=O) groups is 1. The Labute approximate surface area is 172 Å². The first-order valence-electron chi connectivity index (χ1n) is 9.36. The van der Waals surface area contributed by atoms with Gasteiger partial charge in [0.1, 0.15) is 11.6 Å². The maximum absolute atomic E-state index is 12.9. The molecule has 0 radical (unpaired) electrons. The van der Waals surface area contributed by atoms with Gasteiger partial charge in [-0.2, -0.15) is 10.2 Å². The summed E-state index contributed by atoms with van der Waals surface area (Å²) < 4.78 is 21.7. The summed E-state index contributed by atoms with van der Waals surface area (Å²) >= 11 is 0. The predicted molar refractivity (Wildman–Crippen MR) is 110 cm³/mol. The van der Waals surface area contributed by atoms with Crippen LogP contribution < -0.4 is 10.1 Å². The lowest BCUT2D eigenvalue weighted by atomic mass is 10.1. The first kappa shape index (κ1) is 19.4. The molecule has 152 valence electrons. The second-order valence-electron chi connectivity index (χ2n) is 6.84. The van der Waals surface area contributed by atoms with E-state index >= 15 is 0 Å². The van der Waals surface area contributed by atoms with Crippen molar-refractivity contribution < 1.29 is 13.9 Å². The summed E-state index contributed by atoms with van der Waals surface area (Å²) in [5.74, 6) is -0.160. The summed E-state index contributed by atoms with van der Waals surface area (Å²) in [6.45, 7) is 2.77. The fraction of sp³-hybridized carbons (Fsp3) is 0.136. The lowest BCUT2D eigenvalue weighted by molar-refractivity contribution is 0.102. The number of aromatic nitrogens is 4. The topological polar surface area (TPSA) is 74.0 Å². The normalized spacial score (nSPS) is 10.7. The van der Waals surface area contributed by atoms with Gasteiger partial charge in [-0.1, -0.05) is 29.8 Å². The van der Waals surface area contributed by atoms with Gasteiger partial charge < -0.3 is 10.1 Å². The van der Waals surface area contributed by atoms with E-state index in [2.05, 4.69) is 21.6 Å². The Morgan fingerprint density at radius 2 is 1.97 bits per heavy atom. The van der Waals surface area contributed by atoms with Crippen molar-refractivity contribution in [1.29, 1.82) is 0 Å².